The van der Waals surface area contributed by atoms with Gasteiger partial charge < -0.3 is 10.4 Å². The number of nitrogens with one attached hydrogen (secondary N) is 2. The number of benzene rings is 1. The van der Waals surface area contributed by atoms with Crippen LogP contribution in [-0.4, -0.2) is 39.1 Å². The molecule has 0 fully saturated rings. The number of rotatable bonds is 4. The molecule has 3 N–H and O–H groups in total. The molecule has 21 heavy (non-hydrogen) atoms. The zero-order valence-electron chi connectivity index (χ0n) is 12.1. The Kier molecular flexibility index (Phi) is 5.90. The van der Waals surface area contributed by atoms with Gasteiger partial charge in [-0.05, 0) is 31.5 Å². The lowest BCUT2D eigenvalue weighted by Gasteiger charge is -2.14. The Morgan fingerprint density at radius 2 is 2.10 bits per heavy atom. The van der Waals surface area contributed by atoms with Crippen LogP contribution >= 0.6 is 0 Å². The maximum Gasteiger partial charge on any atom is 0.241 e. The predicted molar refractivity (Wildman–Crippen MR) is 79.0 cm³/mol. The Hall–Kier alpha value is -1.88. The summed E-state index contributed by atoms with van der Waals surface area (Å²) in [5.41, 5.74) is 1.02. The first-order valence-corrected chi connectivity index (χ1v) is 7.74. The van der Waals surface area contributed by atoms with E-state index >= 15 is 0 Å². The number of aliphatic hydroxyl groups is 1. The molecule has 1 aromatic rings. The van der Waals surface area contributed by atoms with E-state index in [0.29, 0.717) is 11.1 Å². The van der Waals surface area contributed by atoms with Gasteiger partial charge in [-0.15, -0.1) is 0 Å². The van der Waals surface area contributed by atoms with E-state index in [4.69, 9.17) is 5.11 Å². The minimum atomic E-state index is -3.83. The maximum absolute atomic E-state index is 12.3. The van der Waals surface area contributed by atoms with E-state index in [2.05, 4.69) is 21.9 Å². The second-order valence-corrected chi connectivity index (χ2v) is 6.08. The van der Waals surface area contributed by atoms with Crippen LogP contribution in [0.4, 0.5) is 0 Å². The number of aryl methyl sites for hydroxylation is 1. The van der Waals surface area contributed by atoms with Crippen molar-refractivity contribution in [3.8, 4) is 11.8 Å². The number of amides is 1. The van der Waals surface area contributed by atoms with E-state index < -0.39 is 22.0 Å². The van der Waals surface area contributed by atoms with E-state index in [0.717, 1.165) is 0 Å². The van der Waals surface area contributed by atoms with Crippen LogP contribution in [0.5, 0.6) is 0 Å². The molecule has 114 valence electrons. The monoisotopic (exact) mass is 310 g/mol. The van der Waals surface area contributed by atoms with Gasteiger partial charge in [0.05, 0.1) is 10.9 Å². The highest BCUT2D eigenvalue weighted by molar-refractivity contribution is 7.89. The minimum Gasteiger partial charge on any atom is -0.384 e. The highest BCUT2D eigenvalue weighted by Crippen LogP contribution is 2.17. The number of sulfonamides is 1. The molecule has 0 saturated heterocycles. The second-order valence-electron chi connectivity index (χ2n) is 4.40. The molecule has 0 aliphatic carbocycles. The summed E-state index contributed by atoms with van der Waals surface area (Å²) in [5.74, 6) is 4.68. The van der Waals surface area contributed by atoms with Crippen molar-refractivity contribution < 1.29 is 18.3 Å². The summed E-state index contributed by atoms with van der Waals surface area (Å²) >= 11 is 0. The third kappa shape index (κ3) is 4.56. The fourth-order valence-electron chi connectivity index (χ4n) is 1.68. The van der Waals surface area contributed by atoms with Crippen molar-refractivity contribution in [1.29, 1.82) is 0 Å². The second kappa shape index (κ2) is 7.22. The number of hydrogen-bond donors (Lipinski definition) is 3. The summed E-state index contributed by atoms with van der Waals surface area (Å²) in [6.07, 6.45) is 0. The number of likely N-dealkylation sites (N-methyl/N-ethyl adjacent to an activating group) is 1. The van der Waals surface area contributed by atoms with E-state index in [-0.39, 0.29) is 11.5 Å². The molecule has 0 spiro atoms. The molecule has 1 amide bonds. The first-order valence-electron chi connectivity index (χ1n) is 6.26. The smallest absolute Gasteiger partial charge is 0.241 e. The Morgan fingerprint density at radius 3 is 2.67 bits per heavy atom. The summed E-state index contributed by atoms with van der Waals surface area (Å²) < 4.78 is 27.0. The fraction of sp³-hybridized carbons (Fsp3) is 0.357. The van der Waals surface area contributed by atoms with Crippen molar-refractivity contribution in [3.63, 3.8) is 0 Å². The first kappa shape index (κ1) is 17.2. The van der Waals surface area contributed by atoms with Gasteiger partial charge in [-0.3, -0.25) is 4.79 Å². The Morgan fingerprint density at radius 1 is 1.43 bits per heavy atom. The van der Waals surface area contributed by atoms with Crippen LogP contribution in [0.3, 0.4) is 0 Å². The van der Waals surface area contributed by atoms with Gasteiger partial charge in [0.15, 0.2) is 0 Å². The zero-order valence-corrected chi connectivity index (χ0v) is 12.9. The predicted octanol–water partition coefficient (Wildman–Crippen LogP) is -0.248. The van der Waals surface area contributed by atoms with Crippen LogP contribution in [0, 0.1) is 18.8 Å². The largest absolute Gasteiger partial charge is 0.384 e. The van der Waals surface area contributed by atoms with Crippen LogP contribution < -0.4 is 10.0 Å². The topological polar surface area (TPSA) is 95.5 Å². The summed E-state index contributed by atoms with van der Waals surface area (Å²) in [6.45, 7) is 2.81. The average Bonchev–Trinajstić information content (AvgIpc) is 2.44. The van der Waals surface area contributed by atoms with Crippen LogP contribution in [0.15, 0.2) is 23.1 Å². The molecule has 1 rings (SSSR count). The third-order valence-corrected chi connectivity index (χ3v) is 4.44. The molecule has 0 heterocycles. The van der Waals surface area contributed by atoms with Gasteiger partial charge in [0, 0.05) is 12.6 Å². The normalized spacial score (nSPS) is 12.2. The maximum atomic E-state index is 12.3. The minimum absolute atomic E-state index is 0.0583. The molecule has 0 aliphatic heterocycles. The molecular formula is C14H18N2O4S. The van der Waals surface area contributed by atoms with Gasteiger partial charge in [0.2, 0.25) is 15.9 Å². The van der Waals surface area contributed by atoms with Gasteiger partial charge >= 0.3 is 0 Å². The van der Waals surface area contributed by atoms with Crippen molar-refractivity contribution >= 4 is 15.9 Å². The van der Waals surface area contributed by atoms with Crippen molar-refractivity contribution in [2.75, 3.05) is 13.7 Å². The van der Waals surface area contributed by atoms with Gasteiger partial charge in [-0.2, -0.15) is 4.72 Å². The van der Waals surface area contributed by atoms with Gasteiger partial charge in [-0.25, -0.2) is 8.42 Å². The van der Waals surface area contributed by atoms with E-state index in [1.807, 2.05) is 0 Å². The number of carbonyl (C=O) groups excluding carboxylic acids is 1. The average molecular weight is 310 g/mol. The molecule has 0 aromatic heterocycles. The lowest BCUT2D eigenvalue weighted by atomic mass is 10.1. The Bertz CT molecular complexity index is 687. The molecule has 6 nitrogen and oxygen atoms in total. The molecule has 0 radical (unpaired) electrons. The first-order chi connectivity index (χ1) is 9.81. The molecule has 1 unspecified atom stereocenters. The lowest BCUT2D eigenvalue weighted by molar-refractivity contribution is -0.121. The SMILES string of the molecule is CNC(=O)C(C)NS(=O)(=O)c1cc(C#CCO)ccc1C. The van der Waals surface area contributed by atoms with E-state index in [9.17, 15) is 13.2 Å². The quantitative estimate of drug-likeness (QED) is 0.668. The summed E-state index contributed by atoms with van der Waals surface area (Å²) in [5, 5.41) is 11.0. The van der Waals surface area contributed by atoms with Gasteiger partial charge in [-0.1, -0.05) is 17.9 Å². The standard InChI is InChI=1S/C14H18N2O4S/c1-10-6-7-12(5-4-8-17)9-13(10)21(19,20)16-11(2)14(18)15-3/h6-7,9,11,16-17H,8H2,1-3H3,(H,15,18). The highest BCUT2D eigenvalue weighted by Gasteiger charge is 2.23. The van der Waals surface area contributed by atoms with Crippen LogP contribution in [0.2, 0.25) is 0 Å². The van der Waals surface area contributed by atoms with Crippen molar-refractivity contribution in [3.05, 3.63) is 29.3 Å². The number of aliphatic hydroxyl groups excluding tert-OH is 1. The molecular weight excluding hydrogens is 292 g/mol. The third-order valence-electron chi connectivity index (χ3n) is 2.76. The number of hydrogen-bond acceptors (Lipinski definition) is 4. The Balaban J connectivity index is 3.16. The molecule has 0 bridgehead atoms. The molecule has 7 heteroatoms. The zero-order chi connectivity index (χ0) is 16.0. The van der Waals surface area contributed by atoms with Crippen LogP contribution in [-0.2, 0) is 14.8 Å². The highest BCUT2D eigenvalue weighted by atomic mass is 32.2. The van der Waals surface area contributed by atoms with Crippen molar-refractivity contribution in [1.82, 2.24) is 10.0 Å². The molecule has 0 saturated carbocycles. The van der Waals surface area contributed by atoms with Crippen molar-refractivity contribution in [2.24, 2.45) is 0 Å². The van der Waals surface area contributed by atoms with Gasteiger partial charge in [0.25, 0.3) is 0 Å². The molecule has 1 aromatic carbocycles. The number of carbonyl (C=O) groups is 1. The van der Waals surface area contributed by atoms with E-state index in [1.165, 1.54) is 20.0 Å². The fourth-order valence-corrected chi connectivity index (χ4v) is 3.15. The lowest BCUT2D eigenvalue weighted by Crippen LogP contribution is -2.43. The summed E-state index contributed by atoms with van der Waals surface area (Å²) in [6, 6.07) is 3.82. The van der Waals surface area contributed by atoms with Crippen molar-refractivity contribution in [2.45, 2.75) is 24.8 Å². The molecule has 0 aliphatic rings. The van der Waals surface area contributed by atoms with Crippen LogP contribution in [0.1, 0.15) is 18.1 Å². The molecule has 1 atom stereocenters. The van der Waals surface area contributed by atoms with Gasteiger partial charge in [0.1, 0.15) is 6.61 Å². The summed E-state index contributed by atoms with van der Waals surface area (Å²) in [4.78, 5) is 11.5. The Labute approximate surface area is 124 Å². The van der Waals surface area contributed by atoms with Crippen LogP contribution in [0.25, 0.3) is 0 Å². The summed E-state index contributed by atoms with van der Waals surface area (Å²) in [7, 11) is -2.40. The van der Waals surface area contributed by atoms with E-state index in [1.54, 1.807) is 19.1 Å².